The van der Waals surface area contributed by atoms with Gasteiger partial charge in [0.25, 0.3) is 0 Å². The third-order valence-corrected chi connectivity index (χ3v) is 1.96. The highest BCUT2D eigenvalue weighted by Gasteiger charge is 2.05. The third kappa shape index (κ3) is 2.10. The summed E-state index contributed by atoms with van der Waals surface area (Å²) >= 11 is 0. The number of para-hydroxylation sites is 1. The number of ether oxygens (including phenoxy) is 1. The van der Waals surface area contributed by atoms with Gasteiger partial charge in [0.05, 0.1) is 6.26 Å². The van der Waals surface area contributed by atoms with Gasteiger partial charge in [-0.05, 0) is 24.3 Å². The molecule has 0 atom stereocenters. The summed E-state index contributed by atoms with van der Waals surface area (Å²) in [5, 5.41) is 0. The number of halogens is 1. The van der Waals surface area contributed by atoms with Gasteiger partial charge in [0.1, 0.15) is 29.6 Å². The van der Waals surface area contributed by atoms with Crippen molar-refractivity contribution in [1.82, 2.24) is 0 Å². The highest BCUT2D eigenvalue weighted by atomic mass is 19.1. The van der Waals surface area contributed by atoms with Crippen molar-refractivity contribution in [3.05, 3.63) is 48.2 Å². The zero-order valence-electron chi connectivity index (χ0n) is 7.94. The molecule has 0 saturated carbocycles. The number of nitrogen functional groups attached to an aromatic ring is 1. The number of rotatable bonds is 3. The van der Waals surface area contributed by atoms with Gasteiger partial charge >= 0.3 is 0 Å². The lowest BCUT2D eigenvalue weighted by Gasteiger charge is -2.07. The summed E-state index contributed by atoms with van der Waals surface area (Å²) in [6.45, 7) is 0.237. The van der Waals surface area contributed by atoms with Gasteiger partial charge in [-0.3, -0.25) is 0 Å². The number of anilines is 1. The molecule has 2 rings (SSSR count). The SMILES string of the molecule is Nc1c(F)cccc1OCc1ccco1. The van der Waals surface area contributed by atoms with Crippen LogP contribution in [-0.4, -0.2) is 0 Å². The average molecular weight is 207 g/mol. The zero-order chi connectivity index (χ0) is 10.7. The van der Waals surface area contributed by atoms with E-state index in [4.69, 9.17) is 14.9 Å². The second-order valence-corrected chi connectivity index (χ2v) is 3.02. The molecule has 15 heavy (non-hydrogen) atoms. The van der Waals surface area contributed by atoms with Crippen LogP contribution in [0.3, 0.4) is 0 Å². The van der Waals surface area contributed by atoms with E-state index in [-0.39, 0.29) is 12.3 Å². The van der Waals surface area contributed by atoms with Crippen molar-refractivity contribution in [2.24, 2.45) is 0 Å². The predicted octanol–water partition coefficient (Wildman–Crippen LogP) is 2.58. The van der Waals surface area contributed by atoms with Crippen LogP contribution in [0, 0.1) is 5.82 Å². The van der Waals surface area contributed by atoms with Gasteiger partial charge in [-0.25, -0.2) is 4.39 Å². The van der Waals surface area contributed by atoms with Crippen molar-refractivity contribution in [2.45, 2.75) is 6.61 Å². The quantitative estimate of drug-likeness (QED) is 0.787. The Balaban J connectivity index is 2.08. The molecule has 1 aromatic carbocycles. The molecule has 0 bridgehead atoms. The molecule has 0 fully saturated rings. The molecule has 2 aromatic rings. The van der Waals surface area contributed by atoms with Crippen LogP contribution in [0.5, 0.6) is 5.75 Å². The van der Waals surface area contributed by atoms with Gasteiger partial charge in [-0.2, -0.15) is 0 Å². The zero-order valence-corrected chi connectivity index (χ0v) is 7.94. The first-order valence-corrected chi connectivity index (χ1v) is 4.46. The molecule has 1 heterocycles. The van der Waals surface area contributed by atoms with Gasteiger partial charge in [-0.1, -0.05) is 6.07 Å². The Kier molecular flexibility index (Phi) is 2.58. The van der Waals surface area contributed by atoms with E-state index in [1.807, 2.05) is 0 Å². The number of hydrogen-bond donors (Lipinski definition) is 1. The Morgan fingerprint density at radius 3 is 2.87 bits per heavy atom. The fourth-order valence-electron chi connectivity index (χ4n) is 1.19. The maximum Gasteiger partial charge on any atom is 0.149 e. The van der Waals surface area contributed by atoms with Crippen molar-refractivity contribution in [2.75, 3.05) is 5.73 Å². The molecular weight excluding hydrogens is 197 g/mol. The minimum Gasteiger partial charge on any atom is -0.483 e. The van der Waals surface area contributed by atoms with Crippen LogP contribution in [0.15, 0.2) is 41.0 Å². The van der Waals surface area contributed by atoms with E-state index in [1.54, 1.807) is 30.5 Å². The molecule has 0 aliphatic rings. The van der Waals surface area contributed by atoms with Crippen LogP contribution in [0.25, 0.3) is 0 Å². The smallest absolute Gasteiger partial charge is 0.149 e. The summed E-state index contributed by atoms with van der Waals surface area (Å²) in [6, 6.07) is 7.97. The summed E-state index contributed by atoms with van der Waals surface area (Å²) in [7, 11) is 0. The Labute approximate surface area is 86.3 Å². The molecule has 0 amide bonds. The fraction of sp³-hybridized carbons (Fsp3) is 0.0909. The lowest BCUT2D eigenvalue weighted by molar-refractivity contribution is 0.271. The Morgan fingerprint density at radius 1 is 1.27 bits per heavy atom. The first kappa shape index (κ1) is 9.58. The lowest BCUT2D eigenvalue weighted by Crippen LogP contribution is -1.99. The second-order valence-electron chi connectivity index (χ2n) is 3.02. The Bertz CT molecular complexity index is 440. The third-order valence-electron chi connectivity index (χ3n) is 1.96. The molecule has 0 saturated heterocycles. The topological polar surface area (TPSA) is 48.4 Å². The molecule has 0 aliphatic heterocycles. The standard InChI is InChI=1S/C11H10FNO2/c12-9-4-1-5-10(11(9)13)15-7-8-3-2-6-14-8/h1-6H,7,13H2. The number of hydrogen-bond acceptors (Lipinski definition) is 3. The fourth-order valence-corrected chi connectivity index (χ4v) is 1.19. The van der Waals surface area contributed by atoms with Gasteiger partial charge < -0.3 is 14.9 Å². The molecule has 0 radical (unpaired) electrons. The summed E-state index contributed by atoms with van der Waals surface area (Å²) in [5.74, 6) is 0.511. The van der Waals surface area contributed by atoms with E-state index < -0.39 is 5.82 Å². The largest absolute Gasteiger partial charge is 0.483 e. The van der Waals surface area contributed by atoms with Crippen LogP contribution in [0.2, 0.25) is 0 Å². The van der Waals surface area contributed by atoms with Crippen LogP contribution in [0.4, 0.5) is 10.1 Å². The van der Waals surface area contributed by atoms with Crippen LogP contribution in [0.1, 0.15) is 5.76 Å². The normalized spacial score (nSPS) is 10.2. The molecule has 4 heteroatoms. The molecule has 0 unspecified atom stereocenters. The molecule has 78 valence electrons. The van der Waals surface area contributed by atoms with Crippen molar-refractivity contribution in [3.8, 4) is 5.75 Å². The maximum absolute atomic E-state index is 13.0. The molecule has 3 nitrogen and oxygen atoms in total. The number of furan rings is 1. The average Bonchev–Trinajstić information content (AvgIpc) is 2.73. The summed E-state index contributed by atoms with van der Waals surface area (Å²) < 4.78 is 23.4. The van der Waals surface area contributed by atoms with Gasteiger partial charge in [0.2, 0.25) is 0 Å². The van der Waals surface area contributed by atoms with Crippen molar-refractivity contribution in [1.29, 1.82) is 0 Å². The minimum atomic E-state index is -0.480. The van der Waals surface area contributed by atoms with E-state index in [0.29, 0.717) is 11.5 Å². The lowest BCUT2D eigenvalue weighted by atomic mass is 10.3. The van der Waals surface area contributed by atoms with E-state index in [1.165, 1.54) is 6.07 Å². The monoisotopic (exact) mass is 207 g/mol. The summed E-state index contributed by atoms with van der Waals surface area (Å²) in [4.78, 5) is 0. The first-order chi connectivity index (χ1) is 7.27. The van der Waals surface area contributed by atoms with Crippen molar-refractivity contribution < 1.29 is 13.5 Å². The van der Waals surface area contributed by atoms with Crippen molar-refractivity contribution >= 4 is 5.69 Å². The predicted molar refractivity (Wildman–Crippen MR) is 53.9 cm³/mol. The van der Waals surface area contributed by atoms with Crippen LogP contribution >= 0.6 is 0 Å². The maximum atomic E-state index is 13.0. The van der Waals surface area contributed by atoms with Crippen molar-refractivity contribution in [3.63, 3.8) is 0 Å². The Hall–Kier alpha value is -1.97. The van der Waals surface area contributed by atoms with Gasteiger partial charge in [0.15, 0.2) is 0 Å². The molecule has 0 spiro atoms. The van der Waals surface area contributed by atoms with Crippen LogP contribution < -0.4 is 10.5 Å². The highest BCUT2D eigenvalue weighted by Crippen LogP contribution is 2.24. The first-order valence-electron chi connectivity index (χ1n) is 4.46. The van der Waals surface area contributed by atoms with Gasteiger partial charge in [-0.15, -0.1) is 0 Å². The van der Waals surface area contributed by atoms with E-state index in [2.05, 4.69) is 0 Å². The Morgan fingerprint density at radius 2 is 2.13 bits per heavy atom. The number of nitrogens with two attached hydrogens (primary N) is 1. The molecule has 1 aromatic heterocycles. The minimum absolute atomic E-state index is 0.0176. The number of benzene rings is 1. The molecule has 2 N–H and O–H groups in total. The van der Waals surface area contributed by atoms with E-state index in [0.717, 1.165) is 0 Å². The summed E-state index contributed by atoms with van der Waals surface area (Å²) in [6.07, 6.45) is 1.55. The van der Waals surface area contributed by atoms with Gasteiger partial charge in [0, 0.05) is 0 Å². The highest BCUT2D eigenvalue weighted by molar-refractivity contribution is 5.53. The van der Waals surface area contributed by atoms with Crippen LogP contribution in [-0.2, 0) is 6.61 Å². The molecular formula is C11H10FNO2. The second kappa shape index (κ2) is 4.04. The summed E-state index contributed by atoms with van der Waals surface area (Å²) in [5.41, 5.74) is 5.51. The van der Waals surface area contributed by atoms with E-state index in [9.17, 15) is 4.39 Å². The molecule has 0 aliphatic carbocycles. The van der Waals surface area contributed by atoms with E-state index >= 15 is 0 Å².